The summed E-state index contributed by atoms with van der Waals surface area (Å²) in [5, 5.41) is 5.91. The molecule has 1 heterocycles. The summed E-state index contributed by atoms with van der Waals surface area (Å²) in [5.41, 5.74) is 1.97. The minimum atomic E-state index is 0.365. The molecule has 2 rings (SSSR count). The Hall–Kier alpha value is -0.340. The third kappa shape index (κ3) is 2.43. The lowest BCUT2D eigenvalue weighted by atomic mass is 9.79. The zero-order chi connectivity index (χ0) is 12.3. The van der Waals surface area contributed by atoms with Crippen molar-refractivity contribution in [1.29, 1.82) is 0 Å². The quantitative estimate of drug-likeness (QED) is 0.821. The van der Waals surface area contributed by atoms with Gasteiger partial charge in [0.1, 0.15) is 0 Å². The third-order valence-electron chi connectivity index (χ3n) is 4.55. The van der Waals surface area contributed by atoms with E-state index >= 15 is 0 Å². The minimum Gasteiger partial charge on any atom is -0.314 e. The second-order valence-corrected chi connectivity index (χ2v) is 6.38. The van der Waals surface area contributed by atoms with Crippen molar-refractivity contribution in [2.75, 3.05) is 7.05 Å². The molecule has 1 atom stereocenters. The van der Waals surface area contributed by atoms with Crippen LogP contribution in [0.3, 0.4) is 0 Å². The SMILES string of the molecule is CCCc1sccc1C(C)C1(NC)CCCC1. The summed E-state index contributed by atoms with van der Waals surface area (Å²) in [7, 11) is 2.15. The second kappa shape index (κ2) is 5.53. The van der Waals surface area contributed by atoms with E-state index in [1.807, 2.05) is 11.3 Å². The number of rotatable bonds is 5. The Bertz CT molecular complexity index is 350. The van der Waals surface area contributed by atoms with Gasteiger partial charge in [0.05, 0.1) is 0 Å². The summed E-state index contributed by atoms with van der Waals surface area (Å²) in [6.45, 7) is 4.70. The summed E-state index contributed by atoms with van der Waals surface area (Å²) in [6, 6.07) is 2.36. The molecule has 0 amide bonds. The van der Waals surface area contributed by atoms with E-state index in [4.69, 9.17) is 0 Å². The molecular formula is C15H25NS. The number of hydrogen-bond acceptors (Lipinski definition) is 2. The highest BCUT2D eigenvalue weighted by Crippen LogP contribution is 2.42. The van der Waals surface area contributed by atoms with E-state index in [1.165, 1.54) is 38.5 Å². The zero-order valence-electron chi connectivity index (χ0n) is 11.4. The number of likely N-dealkylation sites (N-methyl/N-ethyl adjacent to an activating group) is 1. The van der Waals surface area contributed by atoms with Gasteiger partial charge in [-0.3, -0.25) is 0 Å². The minimum absolute atomic E-state index is 0.365. The van der Waals surface area contributed by atoms with Crippen LogP contribution in [0.25, 0.3) is 0 Å². The van der Waals surface area contributed by atoms with Gasteiger partial charge in [0, 0.05) is 16.3 Å². The largest absolute Gasteiger partial charge is 0.314 e. The lowest BCUT2D eigenvalue weighted by Crippen LogP contribution is -2.44. The monoisotopic (exact) mass is 251 g/mol. The zero-order valence-corrected chi connectivity index (χ0v) is 12.2. The Kier molecular flexibility index (Phi) is 4.26. The van der Waals surface area contributed by atoms with Crippen LogP contribution in [0.15, 0.2) is 11.4 Å². The fourth-order valence-corrected chi connectivity index (χ4v) is 4.45. The van der Waals surface area contributed by atoms with Gasteiger partial charge in [-0.1, -0.05) is 33.1 Å². The molecule has 1 nitrogen and oxygen atoms in total. The number of aryl methyl sites for hydroxylation is 1. The number of nitrogens with one attached hydrogen (secondary N) is 1. The first-order chi connectivity index (χ1) is 8.23. The summed E-state index contributed by atoms with van der Waals surface area (Å²) in [4.78, 5) is 1.61. The van der Waals surface area contributed by atoms with Crippen molar-refractivity contribution in [3.05, 3.63) is 21.9 Å². The Morgan fingerprint density at radius 2 is 2.12 bits per heavy atom. The van der Waals surface area contributed by atoms with Gasteiger partial charge in [0.15, 0.2) is 0 Å². The molecule has 2 heteroatoms. The van der Waals surface area contributed by atoms with Crippen molar-refractivity contribution >= 4 is 11.3 Å². The predicted octanol–water partition coefficient (Wildman–Crippen LogP) is 4.34. The molecule has 0 aliphatic heterocycles. The van der Waals surface area contributed by atoms with E-state index in [-0.39, 0.29) is 0 Å². The van der Waals surface area contributed by atoms with Gasteiger partial charge in [-0.25, -0.2) is 0 Å². The van der Waals surface area contributed by atoms with E-state index in [1.54, 1.807) is 10.4 Å². The maximum Gasteiger partial charge on any atom is 0.0244 e. The fourth-order valence-electron chi connectivity index (χ4n) is 3.37. The predicted molar refractivity (Wildman–Crippen MR) is 77.0 cm³/mol. The molecule has 1 aliphatic carbocycles. The van der Waals surface area contributed by atoms with E-state index < -0.39 is 0 Å². The first kappa shape index (κ1) is 13.1. The summed E-state index contributed by atoms with van der Waals surface area (Å²) < 4.78 is 0. The molecule has 1 fully saturated rings. The molecule has 96 valence electrons. The first-order valence-electron chi connectivity index (χ1n) is 6.98. The van der Waals surface area contributed by atoms with Crippen LogP contribution in [-0.4, -0.2) is 12.6 Å². The fraction of sp³-hybridized carbons (Fsp3) is 0.733. The standard InChI is InChI=1S/C15H25NS/c1-4-7-14-13(8-11-17-14)12(2)15(16-3)9-5-6-10-15/h8,11-12,16H,4-7,9-10H2,1-3H3. The van der Waals surface area contributed by atoms with Gasteiger partial charge in [-0.2, -0.15) is 0 Å². The van der Waals surface area contributed by atoms with Crippen molar-refractivity contribution < 1.29 is 0 Å². The van der Waals surface area contributed by atoms with Crippen LogP contribution in [0, 0.1) is 0 Å². The molecule has 1 unspecified atom stereocenters. The van der Waals surface area contributed by atoms with Crippen molar-refractivity contribution in [2.45, 2.75) is 63.8 Å². The highest BCUT2D eigenvalue weighted by Gasteiger charge is 2.38. The summed E-state index contributed by atoms with van der Waals surface area (Å²) in [6.07, 6.45) is 7.96. The van der Waals surface area contributed by atoms with Gasteiger partial charge in [-0.15, -0.1) is 11.3 Å². The Balaban J connectivity index is 2.22. The average molecular weight is 251 g/mol. The molecular weight excluding hydrogens is 226 g/mol. The lowest BCUT2D eigenvalue weighted by molar-refractivity contribution is 0.303. The smallest absolute Gasteiger partial charge is 0.0244 e. The molecule has 0 aromatic carbocycles. The molecule has 1 aromatic rings. The van der Waals surface area contributed by atoms with Crippen LogP contribution in [0.4, 0.5) is 0 Å². The lowest BCUT2D eigenvalue weighted by Gasteiger charge is -2.36. The third-order valence-corrected chi connectivity index (χ3v) is 5.54. The van der Waals surface area contributed by atoms with Crippen molar-refractivity contribution in [2.24, 2.45) is 0 Å². The molecule has 0 saturated heterocycles. The average Bonchev–Trinajstić information content (AvgIpc) is 2.97. The van der Waals surface area contributed by atoms with Crippen LogP contribution in [0.1, 0.15) is 62.3 Å². The molecule has 0 radical (unpaired) electrons. The Morgan fingerprint density at radius 1 is 1.41 bits per heavy atom. The normalized spacial score (nSPS) is 20.6. The van der Waals surface area contributed by atoms with Gasteiger partial charge in [0.25, 0.3) is 0 Å². The Labute approximate surface area is 110 Å². The molecule has 1 aliphatic rings. The molecule has 1 N–H and O–H groups in total. The van der Waals surface area contributed by atoms with Gasteiger partial charge < -0.3 is 5.32 Å². The Morgan fingerprint density at radius 3 is 2.71 bits per heavy atom. The van der Waals surface area contributed by atoms with Gasteiger partial charge in [-0.05, 0) is 43.3 Å². The van der Waals surface area contributed by atoms with Crippen LogP contribution < -0.4 is 5.32 Å². The number of thiophene rings is 1. The van der Waals surface area contributed by atoms with Crippen LogP contribution in [-0.2, 0) is 6.42 Å². The maximum atomic E-state index is 3.64. The van der Waals surface area contributed by atoms with Crippen LogP contribution >= 0.6 is 11.3 Å². The number of hydrogen-bond donors (Lipinski definition) is 1. The van der Waals surface area contributed by atoms with E-state index in [9.17, 15) is 0 Å². The summed E-state index contributed by atoms with van der Waals surface area (Å²) >= 11 is 1.94. The van der Waals surface area contributed by atoms with E-state index in [2.05, 4.69) is 37.7 Å². The van der Waals surface area contributed by atoms with Gasteiger partial charge >= 0.3 is 0 Å². The van der Waals surface area contributed by atoms with Gasteiger partial charge in [0.2, 0.25) is 0 Å². The van der Waals surface area contributed by atoms with Crippen molar-refractivity contribution in [3.8, 4) is 0 Å². The molecule has 0 bridgehead atoms. The highest BCUT2D eigenvalue weighted by molar-refractivity contribution is 7.10. The highest BCUT2D eigenvalue weighted by atomic mass is 32.1. The first-order valence-corrected chi connectivity index (χ1v) is 7.86. The van der Waals surface area contributed by atoms with E-state index in [0.29, 0.717) is 11.5 Å². The molecule has 1 aromatic heterocycles. The summed E-state index contributed by atoms with van der Waals surface area (Å²) in [5.74, 6) is 0.655. The topological polar surface area (TPSA) is 12.0 Å². The van der Waals surface area contributed by atoms with E-state index in [0.717, 1.165) is 0 Å². The molecule has 17 heavy (non-hydrogen) atoms. The van der Waals surface area contributed by atoms with Crippen LogP contribution in [0.5, 0.6) is 0 Å². The van der Waals surface area contributed by atoms with Crippen molar-refractivity contribution in [3.63, 3.8) is 0 Å². The molecule has 0 spiro atoms. The second-order valence-electron chi connectivity index (χ2n) is 5.38. The van der Waals surface area contributed by atoms with Crippen LogP contribution in [0.2, 0.25) is 0 Å². The molecule has 1 saturated carbocycles. The van der Waals surface area contributed by atoms with Crippen molar-refractivity contribution in [1.82, 2.24) is 5.32 Å². The maximum absolute atomic E-state index is 3.64.